The molecule has 2 aliphatic carbocycles. The molecule has 0 spiro atoms. The van der Waals surface area contributed by atoms with Crippen LogP contribution in [-0.2, 0) is 0 Å². The summed E-state index contributed by atoms with van der Waals surface area (Å²) in [5.41, 5.74) is 1.31. The predicted octanol–water partition coefficient (Wildman–Crippen LogP) is 2.96. The third-order valence-electron chi connectivity index (χ3n) is 4.17. The van der Waals surface area contributed by atoms with Crippen LogP contribution in [0.25, 0.3) is 0 Å². The number of carbonyl (C=O) groups is 1. The van der Waals surface area contributed by atoms with Gasteiger partial charge in [0.25, 0.3) is 0 Å². The van der Waals surface area contributed by atoms with E-state index < -0.39 is 0 Å². The smallest absolute Gasteiger partial charge is 0.167 e. The average Bonchev–Trinajstić information content (AvgIpc) is 2.28. The van der Waals surface area contributed by atoms with Crippen LogP contribution in [0.5, 0.6) is 11.5 Å². The number of ketones is 1. The van der Waals surface area contributed by atoms with Gasteiger partial charge >= 0.3 is 0 Å². The van der Waals surface area contributed by atoms with Crippen LogP contribution >= 0.6 is 0 Å². The minimum Gasteiger partial charge on any atom is -0.508 e. The predicted molar refractivity (Wildman–Crippen MR) is 63.4 cm³/mol. The molecule has 0 heterocycles. The van der Waals surface area contributed by atoms with Crippen molar-refractivity contribution in [3.8, 4) is 11.5 Å². The topological polar surface area (TPSA) is 57.5 Å². The van der Waals surface area contributed by atoms with Gasteiger partial charge in [-0.1, -0.05) is 12.8 Å². The Morgan fingerprint density at radius 1 is 1.12 bits per heavy atom. The van der Waals surface area contributed by atoms with E-state index in [9.17, 15) is 15.0 Å². The van der Waals surface area contributed by atoms with E-state index in [1.165, 1.54) is 18.9 Å². The minimum absolute atomic E-state index is 0.0284. The van der Waals surface area contributed by atoms with Crippen molar-refractivity contribution < 1.29 is 15.0 Å². The fraction of sp³-hybridized carbons (Fsp3) is 0.500. The van der Waals surface area contributed by atoms with E-state index in [-0.39, 0.29) is 17.3 Å². The average molecular weight is 232 g/mol. The Morgan fingerprint density at radius 2 is 1.88 bits per heavy atom. The molecule has 0 saturated heterocycles. The van der Waals surface area contributed by atoms with Crippen molar-refractivity contribution in [2.24, 2.45) is 5.92 Å². The van der Waals surface area contributed by atoms with Crippen LogP contribution in [0.4, 0.5) is 0 Å². The molecule has 3 heteroatoms. The number of benzene rings is 1. The first kappa shape index (κ1) is 10.6. The van der Waals surface area contributed by atoms with Crippen LogP contribution in [0.1, 0.15) is 53.9 Å². The van der Waals surface area contributed by atoms with E-state index >= 15 is 0 Å². The lowest BCUT2D eigenvalue weighted by atomic mass is 9.67. The largest absolute Gasteiger partial charge is 0.508 e. The Labute approximate surface area is 100 Å². The minimum atomic E-state index is -0.0611. The molecule has 3 nitrogen and oxygen atoms in total. The van der Waals surface area contributed by atoms with Gasteiger partial charge in [-0.05, 0) is 36.3 Å². The first-order chi connectivity index (χ1) is 8.16. The molecule has 0 radical (unpaired) electrons. The highest BCUT2D eigenvalue weighted by molar-refractivity contribution is 6.01. The molecule has 3 rings (SSSR count). The number of fused-ring (bicyclic) bond motifs is 3. The number of hydrogen-bond donors (Lipinski definition) is 2. The summed E-state index contributed by atoms with van der Waals surface area (Å²) in [4.78, 5) is 12.0. The third-order valence-corrected chi connectivity index (χ3v) is 4.17. The Hall–Kier alpha value is -1.51. The number of Topliss-reactive ketones (excluding diaryl/α,β-unsaturated/α-hetero) is 1. The third kappa shape index (κ3) is 1.61. The number of phenolic OH excluding ortho intramolecular Hbond substituents is 2. The summed E-state index contributed by atoms with van der Waals surface area (Å²) >= 11 is 0. The number of phenols is 2. The lowest BCUT2D eigenvalue weighted by Crippen LogP contribution is -2.27. The van der Waals surface area contributed by atoms with Crippen molar-refractivity contribution in [1.29, 1.82) is 0 Å². The molecule has 90 valence electrons. The molecule has 0 aliphatic heterocycles. The maximum absolute atomic E-state index is 12.0. The van der Waals surface area contributed by atoms with E-state index in [0.29, 0.717) is 23.8 Å². The molecule has 2 aliphatic rings. The van der Waals surface area contributed by atoms with Crippen LogP contribution in [0.15, 0.2) is 12.1 Å². The zero-order valence-electron chi connectivity index (χ0n) is 9.65. The summed E-state index contributed by atoms with van der Waals surface area (Å²) in [7, 11) is 0. The Morgan fingerprint density at radius 3 is 2.71 bits per heavy atom. The van der Waals surface area contributed by atoms with Crippen molar-refractivity contribution in [2.75, 3.05) is 0 Å². The molecule has 0 amide bonds. The lowest BCUT2D eigenvalue weighted by molar-refractivity contribution is 0.0916. The second-order valence-electron chi connectivity index (χ2n) is 5.21. The molecule has 2 N–H and O–H groups in total. The molecule has 1 fully saturated rings. The highest BCUT2D eigenvalue weighted by atomic mass is 16.3. The maximum atomic E-state index is 12.0. The van der Waals surface area contributed by atoms with Crippen molar-refractivity contribution in [3.05, 3.63) is 23.3 Å². The maximum Gasteiger partial charge on any atom is 0.167 e. The fourth-order valence-corrected chi connectivity index (χ4v) is 3.43. The summed E-state index contributed by atoms with van der Waals surface area (Å²) in [5.74, 6) is 0.773. The van der Waals surface area contributed by atoms with E-state index in [1.807, 2.05) is 0 Å². The first-order valence-corrected chi connectivity index (χ1v) is 6.26. The fourth-order valence-electron chi connectivity index (χ4n) is 3.43. The summed E-state index contributed by atoms with van der Waals surface area (Å²) in [6.07, 6.45) is 5.07. The number of hydrogen-bond acceptors (Lipinski definition) is 3. The van der Waals surface area contributed by atoms with Gasteiger partial charge in [-0.15, -0.1) is 0 Å². The SMILES string of the molecule is O=C1CC2CCCCC2c2cc(O)cc(O)c21. The Bertz CT molecular complexity index is 479. The Kier molecular flexibility index (Phi) is 2.35. The van der Waals surface area contributed by atoms with E-state index in [4.69, 9.17) is 0 Å². The number of aromatic hydroxyl groups is 2. The highest BCUT2D eigenvalue weighted by Crippen LogP contribution is 2.48. The quantitative estimate of drug-likeness (QED) is 0.723. The first-order valence-electron chi connectivity index (χ1n) is 6.26. The number of rotatable bonds is 0. The summed E-state index contributed by atoms with van der Waals surface area (Å²) < 4.78 is 0. The van der Waals surface area contributed by atoms with Gasteiger partial charge in [0.05, 0.1) is 5.56 Å². The van der Waals surface area contributed by atoms with E-state index in [1.54, 1.807) is 6.07 Å². The Balaban J connectivity index is 2.15. The molecule has 0 aromatic heterocycles. The van der Waals surface area contributed by atoms with Crippen molar-refractivity contribution >= 4 is 5.78 Å². The molecule has 1 aromatic rings. The van der Waals surface area contributed by atoms with Gasteiger partial charge < -0.3 is 10.2 Å². The van der Waals surface area contributed by atoms with Crippen LogP contribution in [-0.4, -0.2) is 16.0 Å². The lowest BCUT2D eigenvalue weighted by Gasteiger charge is -2.36. The van der Waals surface area contributed by atoms with Crippen LogP contribution in [0.2, 0.25) is 0 Å². The zero-order chi connectivity index (χ0) is 12.0. The standard InChI is InChI=1S/C14H16O3/c15-9-6-11-10-4-2-1-3-8(10)5-12(16)14(11)13(17)7-9/h6-8,10,15,17H,1-5H2. The van der Waals surface area contributed by atoms with Crippen LogP contribution in [0, 0.1) is 5.92 Å². The number of carbonyl (C=O) groups excluding carboxylic acids is 1. The molecule has 1 saturated carbocycles. The molecule has 2 atom stereocenters. The van der Waals surface area contributed by atoms with Gasteiger partial charge in [-0.25, -0.2) is 0 Å². The molecule has 0 bridgehead atoms. The van der Waals surface area contributed by atoms with Gasteiger partial charge in [-0.3, -0.25) is 4.79 Å². The van der Waals surface area contributed by atoms with Gasteiger partial charge in [0.15, 0.2) is 5.78 Å². The molecule has 2 unspecified atom stereocenters. The molecular formula is C14H16O3. The second-order valence-corrected chi connectivity index (χ2v) is 5.21. The normalized spacial score (nSPS) is 27.4. The monoisotopic (exact) mass is 232 g/mol. The van der Waals surface area contributed by atoms with Gasteiger partial charge in [0, 0.05) is 12.5 Å². The summed E-state index contributed by atoms with van der Waals surface area (Å²) in [6, 6.07) is 2.93. The second kappa shape index (κ2) is 3.76. The summed E-state index contributed by atoms with van der Waals surface area (Å²) in [5, 5.41) is 19.4. The van der Waals surface area contributed by atoms with Crippen LogP contribution in [0.3, 0.4) is 0 Å². The van der Waals surface area contributed by atoms with Crippen molar-refractivity contribution in [2.45, 2.75) is 38.0 Å². The zero-order valence-corrected chi connectivity index (χ0v) is 9.65. The van der Waals surface area contributed by atoms with Crippen LogP contribution < -0.4 is 0 Å². The molecule has 17 heavy (non-hydrogen) atoms. The highest BCUT2D eigenvalue weighted by Gasteiger charge is 2.37. The molecular weight excluding hydrogens is 216 g/mol. The van der Waals surface area contributed by atoms with Gasteiger partial charge in [0.1, 0.15) is 11.5 Å². The van der Waals surface area contributed by atoms with Crippen molar-refractivity contribution in [3.63, 3.8) is 0 Å². The van der Waals surface area contributed by atoms with E-state index in [2.05, 4.69) is 0 Å². The van der Waals surface area contributed by atoms with Crippen molar-refractivity contribution in [1.82, 2.24) is 0 Å². The van der Waals surface area contributed by atoms with E-state index in [0.717, 1.165) is 18.4 Å². The molecule has 1 aromatic carbocycles. The van der Waals surface area contributed by atoms with Gasteiger partial charge in [0.2, 0.25) is 0 Å². The summed E-state index contributed by atoms with van der Waals surface area (Å²) in [6.45, 7) is 0. The van der Waals surface area contributed by atoms with Gasteiger partial charge in [-0.2, -0.15) is 0 Å².